The van der Waals surface area contributed by atoms with Crippen molar-refractivity contribution in [2.75, 3.05) is 13.2 Å². The van der Waals surface area contributed by atoms with E-state index in [-0.39, 0.29) is 58.5 Å². The van der Waals surface area contributed by atoms with Gasteiger partial charge in [-0.2, -0.15) is 0 Å². The average molecular weight is 739 g/mol. The molecule has 14 nitrogen and oxygen atoms in total. The Hall–Kier alpha value is -7.48. The Morgan fingerprint density at radius 3 is 1.06 bits per heavy atom. The molecule has 14 heteroatoms. The largest absolute Gasteiger partial charge is 0.513 e. The summed E-state index contributed by atoms with van der Waals surface area (Å²) in [5.74, 6) is -4.69. The molecule has 0 aliphatic carbocycles. The van der Waals surface area contributed by atoms with Crippen molar-refractivity contribution in [3.63, 3.8) is 0 Å². The number of carbonyl (C=O) groups is 6. The van der Waals surface area contributed by atoms with Gasteiger partial charge in [-0.1, -0.05) is 6.07 Å². The summed E-state index contributed by atoms with van der Waals surface area (Å²) in [5, 5.41) is 0. The summed E-state index contributed by atoms with van der Waals surface area (Å²) in [5.41, 5.74) is -0.432. The Labute approximate surface area is 313 Å². The van der Waals surface area contributed by atoms with Gasteiger partial charge in [0.2, 0.25) is 0 Å². The second-order valence-electron chi connectivity index (χ2n) is 10.4. The molecule has 0 fully saturated rings. The van der Waals surface area contributed by atoms with Crippen molar-refractivity contribution in [2.24, 2.45) is 0 Å². The van der Waals surface area contributed by atoms with E-state index in [1.807, 2.05) is 0 Å². The summed E-state index contributed by atoms with van der Waals surface area (Å²) in [6, 6.07) is 18.0. The third-order valence-corrected chi connectivity index (χ3v) is 6.63. The first-order valence-corrected chi connectivity index (χ1v) is 15.8. The van der Waals surface area contributed by atoms with Gasteiger partial charge in [-0.05, 0) is 123 Å². The van der Waals surface area contributed by atoms with Crippen LogP contribution in [0, 0.1) is 0 Å². The van der Waals surface area contributed by atoms with Gasteiger partial charge in [0.15, 0.2) is 0 Å². The van der Waals surface area contributed by atoms with Gasteiger partial charge in [0.25, 0.3) is 0 Å². The molecule has 5 rings (SSSR count). The fourth-order valence-electron chi connectivity index (χ4n) is 4.13. The maximum Gasteiger partial charge on any atom is 0.513 e. The van der Waals surface area contributed by atoms with Crippen LogP contribution in [0.3, 0.4) is 0 Å². The molecule has 0 radical (unpaired) electrons. The molecule has 0 N–H and O–H groups in total. The number of hydrogen-bond acceptors (Lipinski definition) is 14. The lowest BCUT2D eigenvalue weighted by atomic mass is 10.2. The molecule has 0 amide bonds. The van der Waals surface area contributed by atoms with E-state index in [4.69, 9.17) is 33.9 Å². The first-order valence-electron chi connectivity index (χ1n) is 17.8. The summed E-state index contributed by atoms with van der Waals surface area (Å²) < 4.78 is 73.5. The van der Waals surface area contributed by atoms with E-state index in [9.17, 15) is 28.8 Å². The van der Waals surface area contributed by atoms with Gasteiger partial charge < -0.3 is 37.9 Å². The Morgan fingerprint density at radius 1 is 0.407 bits per heavy atom. The lowest BCUT2D eigenvalue weighted by Gasteiger charge is -2.09. The van der Waals surface area contributed by atoms with E-state index in [1.54, 1.807) is 13.8 Å². The maximum absolute atomic E-state index is 13.0. The molecule has 274 valence electrons. The highest BCUT2D eigenvalue weighted by atomic mass is 16.7. The van der Waals surface area contributed by atoms with Crippen molar-refractivity contribution < 1.29 is 72.1 Å². The van der Waals surface area contributed by atoms with Crippen molar-refractivity contribution in [3.05, 3.63) is 143 Å². The van der Waals surface area contributed by atoms with Crippen LogP contribution in [0.5, 0.6) is 34.5 Å². The molecule has 0 spiro atoms. The van der Waals surface area contributed by atoms with Crippen LogP contribution in [0.4, 0.5) is 9.59 Å². The fraction of sp³-hybridized carbons (Fsp3) is 0.100. The van der Waals surface area contributed by atoms with Gasteiger partial charge in [-0.3, -0.25) is 0 Å². The highest BCUT2D eigenvalue weighted by Gasteiger charge is 2.16. The number of ether oxygens (including phenoxy) is 8. The number of esters is 4. The summed E-state index contributed by atoms with van der Waals surface area (Å²) in [6.45, 7) is 3.44. The predicted octanol–water partition coefficient (Wildman–Crippen LogP) is 7.63. The lowest BCUT2D eigenvalue weighted by Crippen LogP contribution is -2.12. The Morgan fingerprint density at radius 2 is 0.722 bits per heavy atom. The van der Waals surface area contributed by atoms with Crippen molar-refractivity contribution in [2.45, 2.75) is 13.8 Å². The quantitative estimate of drug-likeness (QED) is 0.0693. The standard InChI is InChI=1S/C40H30O14/c1-3-47-39(45)53-31-20-12-25(13-21-31)35(41)49-29-16-8-27(9-17-29)37(43)51-33-6-5-7-34(24-33)52-38(44)28-10-18-30(19-11-28)50-36(42)26-14-22-32(23-15-26)54-40(46)48-4-2/h5-24H,3-4H2,1-2H3/i16D,17D,18D,19D. The minimum atomic E-state index is -0.996. The molecule has 0 aliphatic rings. The predicted molar refractivity (Wildman–Crippen MR) is 187 cm³/mol. The molecule has 0 heterocycles. The van der Waals surface area contributed by atoms with Gasteiger partial charge in [0.1, 0.15) is 34.5 Å². The van der Waals surface area contributed by atoms with Crippen LogP contribution in [0.25, 0.3) is 0 Å². The molecule has 0 atom stereocenters. The van der Waals surface area contributed by atoms with Crippen molar-refractivity contribution in [1.82, 2.24) is 0 Å². The number of rotatable bonds is 12. The second-order valence-corrected chi connectivity index (χ2v) is 10.4. The van der Waals surface area contributed by atoms with Crippen LogP contribution < -0.4 is 28.4 Å². The molecular formula is C40H30O14. The van der Waals surface area contributed by atoms with Crippen LogP contribution >= 0.6 is 0 Å². The van der Waals surface area contributed by atoms with Crippen molar-refractivity contribution in [1.29, 1.82) is 0 Å². The summed E-state index contributed by atoms with van der Waals surface area (Å²) >= 11 is 0. The average Bonchev–Trinajstić information content (AvgIpc) is 3.18. The minimum Gasteiger partial charge on any atom is -0.434 e. The zero-order valence-electron chi connectivity index (χ0n) is 32.4. The van der Waals surface area contributed by atoms with Gasteiger partial charge >= 0.3 is 36.2 Å². The Bertz CT molecular complexity index is 2170. The summed E-state index contributed by atoms with van der Waals surface area (Å²) in [6.07, 6.45) is -1.85. The van der Waals surface area contributed by atoms with Gasteiger partial charge in [0.05, 0.1) is 41.0 Å². The molecule has 0 saturated carbocycles. The first kappa shape index (κ1) is 32.4. The van der Waals surface area contributed by atoms with Crippen molar-refractivity contribution >= 4 is 36.2 Å². The molecule has 0 saturated heterocycles. The highest BCUT2D eigenvalue weighted by Crippen LogP contribution is 2.24. The molecular weight excluding hydrogens is 704 g/mol. The molecule has 54 heavy (non-hydrogen) atoms. The molecule has 0 bridgehead atoms. The number of hydrogen-bond donors (Lipinski definition) is 0. The van der Waals surface area contributed by atoms with Gasteiger partial charge in [-0.25, -0.2) is 28.8 Å². The van der Waals surface area contributed by atoms with Gasteiger partial charge in [0, 0.05) is 6.07 Å². The van der Waals surface area contributed by atoms with E-state index in [2.05, 4.69) is 9.47 Å². The molecule has 0 unspecified atom stereocenters. The van der Waals surface area contributed by atoms with Crippen LogP contribution in [0.1, 0.15) is 60.8 Å². The van der Waals surface area contributed by atoms with E-state index in [0.717, 1.165) is 24.3 Å². The Balaban J connectivity index is 1.19. The van der Waals surface area contributed by atoms with E-state index < -0.39 is 71.9 Å². The van der Waals surface area contributed by atoms with Gasteiger partial charge in [-0.15, -0.1) is 0 Å². The fourth-order valence-corrected chi connectivity index (χ4v) is 4.13. The molecule has 0 aromatic heterocycles. The van der Waals surface area contributed by atoms with E-state index in [1.165, 1.54) is 72.8 Å². The summed E-state index contributed by atoms with van der Waals surface area (Å²) in [7, 11) is 0. The topological polar surface area (TPSA) is 176 Å². The zero-order chi connectivity index (χ0) is 41.9. The molecule has 5 aromatic carbocycles. The van der Waals surface area contributed by atoms with E-state index in [0.29, 0.717) is 0 Å². The number of carbonyl (C=O) groups excluding carboxylic acids is 6. The third-order valence-electron chi connectivity index (χ3n) is 6.63. The van der Waals surface area contributed by atoms with Crippen LogP contribution in [-0.4, -0.2) is 49.4 Å². The second kappa shape index (κ2) is 18.1. The Kier molecular flexibility index (Phi) is 10.9. The zero-order valence-corrected chi connectivity index (χ0v) is 28.4. The number of benzene rings is 5. The van der Waals surface area contributed by atoms with Crippen LogP contribution in [0.15, 0.2) is 121 Å². The van der Waals surface area contributed by atoms with Crippen LogP contribution in [-0.2, 0) is 9.47 Å². The monoisotopic (exact) mass is 738 g/mol. The molecule has 0 aliphatic heterocycles. The molecule has 5 aromatic rings. The summed E-state index contributed by atoms with van der Waals surface area (Å²) in [4.78, 5) is 74.3. The third kappa shape index (κ3) is 10.8. The smallest absolute Gasteiger partial charge is 0.434 e. The van der Waals surface area contributed by atoms with E-state index >= 15 is 0 Å². The van der Waals surface area contributed by atoms with Crippen LogP contribution in [0.2, 0.25) is 0 Å². The highest BCUT2D eigenvalue weighted by molar-refractivity contribution is 5.94. The normalized spacial score (nSPS) is 11.3. The lowest BCUT2D eigenvalue weighted by molar-refractivity contribution is 0.0723. The SMILES string of the molecule is [2H]c1cc(C(=O)Oc2cccc(OC(=O)c3cc([2H])c(OC(=O)c4ccc(OC(=O)OCC)cc4)c([2H])c3)c2)cc([2H])c1OC(=O)c1ccc(OC(=O)OCC)cc1. The maximum atomic E-state index is 13.0. The van der Waals surface area contributed by atoms with Crippen molar-refractivity contribution in [3.8, 4) is 34.5 Å². The minimum absolute atomic E-state index is 0.0161. The first-order chi connectivity index (χ1) is 27.7.